The minimum absolute atomic E-state index is 0. The van der Waals surface area contributed by atoms with Gasteiger partial charge in [-0.2, -0.15) is 0 Å². The minimum atomic E-state index is 0. The first-order chi connectivity index (χ1) is 10.3. The molecule has 0 amide bonds. The quantitative estimate of drug-likeness (QED) is 0.851. The van der Waals surface area contributed by atoms with Crippen LogP contribution < -0.4 is 9.47 Å². The van der Waals surface area contributed by atoms with Crippen LogP contribution in [0.25, 0.3) is 0 Å². The van der Waals surface area contributed by atoms with Crippen molar-refractivity contribution in [2.45, 2.75) is 20.0 Å². The van der Waals surface area contributed by atoms with Crippen LogP contribution >= 0.6 is 12.4 Å². The first-order valence-electron chi connectivity index (χ1n) is 7.17. The topological polar surface area (TPSA) is 30.8 Å². The van der Waals surface area contributed by atoms with Crippen molar-refractivity contribution in [3.63, 3.8) is 0 Å². The normalized spacial score (nSPS) is 12.7. The van der Waals surface area contributed by atoms with E-state index in [4.69, 9.17) is 9.47 Å². The van der Waals surface area contributed by atoms with E-state index in [1.165, 1.54) is 11.1 Å². The van der Waals surface area contributed by atoms with Crippen molar-refractivity contribution in [2.75, 3.05) is 13.7 Å². The SMILES string of the molecule is COc1cc2c(cc1OCc1ccccc1)CCN=C2C.Cl. The van der Waals surface area contributed by atoms with Gasteiger partial charge in [0.05, 0.1) is 7.11 Å². The fourth-order valence-corrected chi connectivity index (χ4v) is 2.58. The number of benzene rings is 2. The molecule has 0 saturated carbocycles. The van der Waals surface area contributed by atoms with Gasteiger partial charge < -0.3 is 9.47 Å². The molecule has 0 spiro atoms. The minimum Gasteiger partial charge on any atom is -0.493 e. The van der Waals surface area contributed by atoms with Gasteiger partial charge in [0, 0.05) is 17.8 Å². The number of rotatable bonds is 4. The Balaban J connectivity index is 0.00000176. The molecule has 3 nitrogen and oxygen atoms in total. The second kappa shape index (κ2) is 7.32. The highest BCUT2D eigenvalue weighted by molar-refractivity contribution is 6.01. The zero-order valence-corrected chi connectivity index (χ0v) is 13.7. The molecule has 0 aliphatic carbocycles. The Morgan fingerprint density at radius 1 is 1.09 bits per heavy atom. The maximum absolute atomic E-state index is 5.95. The molecular formula is C18H20ClNO2. The van der Waals surface area contributed by atoms with Gasteiger partial charge in [-0.25, -0.2) is 0 Å². The summed E-state index contributed by atoms with van der Waals surface area (Å²) < 4.78 is 11.4. The van der Waals surface area contributed by atoms with E-state index < -0.39 is 0 Å². The highest BCUT2D eigenvalue weighted by atomic mass is 35.5. The molecule has 0 radical (unpaired) electrons. The molecule has 0 saturated heterocycles. The fraction of sp³-hybridized carbons (Fsp3) is 0.278. The van der Waals surface area contributed by atoms with Crippen LogP contribution in [-0.2, 0) is 13.0 Å². The van der Waals surface area contributed by atoms with Crippen molar-refractivity contribution in [1.29, 1.82) is 0 Å². The van der Waals surface area contributed by atoms with Gasteiger partial charge in [0.1, 0.15) is 6.61 Å². The van der Waals surface area contributed by atoms with Gasteiger partial charge in [0.25, 0.3) is 0 Å². The number of ether oxygens (including phenoxy) is 2. The molecular weight excluding hydrogens is 298 g/mol. The number of fused-ring (bicyclic) bond motifs is 1. The van der Waals surface area contributed by atoms with E-state index in [1.807, 2.05) is 31.2 Å². The standard InChI is InChI=1S/C18H19NO2.ClH/c1-13-16-11-17(20-2)18(10-15(16)8-9-19-13)21-12-14-6-4-3-5-7-14;/h3-7,10-11H,8-9,12H2,1-2H3;1H. The number of nitrogens with zero attached hydrogens (tertiary/aromatic N) is 1. The summed E-state index contributed by atoms with van der Waals surface area (Å²) in [6.45, 7) is 3.44. The van der Waals surface area contributed by atoms with Crippen LogP contribution in [0.2, 0.25) is 0 Å². The third-order valence-corrected chi connectivity index (χ3v) is 3.75. The summed E-state index contributed by atoms with van der Waals surface area (Å²) in [4.78, 5) is 4.49. The molecule has 4 heteroatoms. The number of halogens is 1. The van der Waals surface area contributed by atoms with Crippen molar-refractivity contribution < 1.29 is 9.47 Å². The molecule has 0 fully saturated rings. The Bertz CT molecular complexity index is 668. The summed E-state index contributed by atoms with van der Waals surface area (Å²) in [7, 11) is 1.67. The van der Waals surface area contributed by atoms with Gasteiger partial charge in [-0.3, -0.25) is 4.99 Å². The van der Waals surface area contributed by atoms with Crippen molar-refractivity contribution in [1.82, 2.24) is 0 Å². The van der Waals surface area contributed by atoms with E-state index in [0.717, 1.165) is 35.7 Å². The van der Waals surface area contributed by atoms with Crippen molar-refractivity contribution in [2.24, 2.45) is 4.99 Å². The monoisotopic (exact) mass is 317 g/mol. The summed E-state index contributed by atoms with van der Waals surface area (Å²) in [5.41, 5.74) is 4.68. The van der Waals surface area contributed by atoms with E-state index in [1.54, 1.807) is 7.11 Å². The van der Waals surface area contributed by atoms with Crippen molar-refractivity contribution >= 4 is 18.1 Å². The molecule has 2 aromatic carbocycles. The van der Waals surface area contributed by atoms with Crippen LogP contribution in [0.3, 0.4) is 0 Å². The lowest BCUT2D eigenvalue weighted by atomic mass is 9.97. The molecule has 2 aromatic rings. The van der Waals surface area contributed by atoms with Crippen molar-refractivity contribution in [3.05, 3.63) is 59.2 Å². The Kier molecular flexibility index (Phi) is 5.45. The van der Waals surface area contributed by atoms with Crippen LogP contribution in [0, 0.1) is 0 Å². The third-order valence-electron chi connectivity index (χ3n) is 3.75. The molecule has 1 aliphatic heterocycles. The number of aliphatic imine (C=N–C) groups is 1. The van der Waals surface area contributed by atoms with Gasteiger partial charge in [0.2, 0.25) is 0 Å². The number of hydrogen-bond acceptors (Lipinski definition) is 3. The van der Waals surface area contributed by atoms with E-state index in [2.05, 4.69) is 23.2 Å². The van der Waals surface area contributed by atoms with Crippen LogP contribution in [0.15, 0.2) is 47.5 Å². The van der Waals surface area contributed by atoms with E-state index in [-0.39, 0.29) is 12.4 Å². The lowest BCUT2D eigenvalue weighted by Gasteiger charge is -2.18. The van der Waals surface area contributed by atoms with Crippen LogP contribution in [0.1, 0.15) is 23.6 Å². The third kappa shape index (κ3) is 3.42. The van der Waals surface area contributed by atoms with Crippen LogP contribution in [-0.4, -0.2) is 19.4 Å². The first kappa shape index (κ1) is 16.4. The highest BCUT2D eigenvalue weighted by Gasteiger charge is 2.16. The van der Waals surface area contributed by atoms with Gasteiger partial charge in [-0.15, -0.1) is 12.4 Å². The molecule has 22 heavy (non-hydrogen) atoms. The van der Waals surface area contributed by atoms with E-state index in [9.17, 15) is 0 Å². The largest absolute Gasteiger partial charge is 0.493 e. The predicted molar refractivity (Wildman–Crippen MR) is 91.8 cm³/mol. The summed E-state index contributed by atoms with van der Waals surface area (Å²) in [6.07, 6.45) is 0.957. The molecule has 1 aliphatic rings. The Labute approximate surface area is 137 Å². The highest BCUT2D eigenvalue weighted by Crippen LogP contribution is 2.33. The van der Waals surface area contributed by atoms with Crippen LogP contribution in [0.4, 0.5) is 0 Å². The van der Waals surface area contributed by atoms with Gasteiger partial charge in [-0.05, 0) is 36.6 Å². The zero-order valence-electron chi connectivity index (χ0n) is 12.8. The van der Waals surface area contributed by atoms with Gasteiger partial charge in [-0.1, -0.05) is 30.3 Å². The second-order valence-corrected chi connectivity index (χ2v) is 5.15. The lowest BCUT2D eigenvalue weighted by molar-refractivity contribution is 0.284. The molecule has 116 valence electrons. The number of hydrogen-bond donors (Lipinski definition) is 0. The Morgan fingerprint density at radius 3 is 2.59 bits per heavy atom. The lowest BCUT2D eigenvalue weighted by Crippen LogP contribution is -2.11. The molecule has 3 rings (SSSR count). The zero-order chi connectivity index (χ0) is 14.7. The second-order valence-electron chi connectivity index (χ2n) is 5.15. The van der Waals surface area contributed by atoms with Crippen LogP contribution in [0.5, 0.6) is 11.5 Å². The number of methoxy groups -OCH3 is 1. The maximum atomic E-state index is 5.95. The first-order valence-corrected chi connectivity index (χ1v) is 7.17. The van der Waals surface area contributed by atoms with Gasteiger partial charge in [0.15, 0.2) is 11.5 Å². The molecule has 0 atom stereocenters. The summed E-state index contributed by atoms with van der Waals surface area (Å²) in [6, 6.07) is 14.3. The summed E-state index contributed by atoms with van der Waals surface area (Å²) >= 11 is 0. The predicted octanol–water partition coefficient (Wildman–Crippen LogP) is 4.06. The van der Waals surface area contributed by atoms with Gasteiger partial charge >= 0.3 is 0 Å². The molecule has 0 N–H and O–H groups in total. The summed E-state index contributed by atoms with van der Waals surface area (Å²) in [5, 5.41) is 0. The fourth-order valence-electron chi connectivity index (χ4n) is 2.58. The van der Waals surface area contributed by atoms with E-state index >= 15 is 0 Å². The molecule has 1 heterocycles. The molecule has 0 bridgehead atoms. The summed E-state index contributed by atoms with van der Waals surface area (Å²) in [5.74, 6) is 1.57. The Hall–Kier alpha value is -2.00. The molecule has 0 unspecified atom stereocenters. The molecule has 0 aromatic heterocycles. The smallest absolute Gasteiger partial charge is 0.161 e. The maximum Gasteiger partial charge on any atom is 0.161 e. The van der Waals surface area contributed by atoms with E-state index in [0.29, 0.717) is 6.61 Å². The average Bonchev–Trinajstić information content (AvgIpc) is 2.53. The Morgan fingerprint density at radius 2 is 1.86 bits per heavy atom. The van der Waals surface area contributed by atoms with Crippen molar-refractivity contribution in [3.8, 4) is 11.5 Å². The average molecular weight is 318 g/mol.